The molecule has 12 heteroatoms. The van der Waals surface area contributed by atoms with Gasteiger partial charge in [-0.15, -0.1) is 0 Å². The van der Waals surface area contributed by atoms with E-state index in [0.717, 1.165) is 11.1 Å². The van der Waals surface area contributed by atoms with Gasteiger partial charge in [0, 0.05) is 59.9 Å². The van der Waals surface area contributed by atoms with E-state index in [9.17, 15) is 10.1 Å². The number of piperazine rings is 1. The first-order valence-electron chi connectivity index (χ1n) is 16.9. The molecule has 1 unspecified atom stereocenters. The topological polar surface area (TPSA) is 101 Å². The second kappa shape index (κ2) is 15.5. The molecule has 2 fully saturated rings. The predicted octanol–water partition coefficient (Wildman–Crippen LogP) is 6.69. The molecule has 0 aromatic heterocycles. The first-order chi connectivity index (χ1) is 23.7. The van der Waals surface area contributed by atoms with Gasteiger partial charge in [0.15, 0.2) is 5.66 Å². The molecule has 2 aliphatic rings. The van der Waals surface area contributed by atoms with Gasteiger partial charge in [-0.1, -0.05) is 59.1 Å². The molecule has 0 spiro atoms. The number of benzene rings is 3. The minimum Gasteiger partial charge on any atom is -0.493 e. The summed E-state index contributed by atoms with van der Waals surface area (Å²) in [5, 5.41) is 19.0. The lowest BCUT2D eigenvalue weighted by atomic mass is 9.84. The van der Waals surface area contributed by atoms with Crippen molar-refractivity contribution in [2.24, 2.45) is 0 Å². The number of likely N-dealkylation sites (N-methyl/N-ethyl adjacent to an activating group) is 1. The quantitative estimate of drug-likeness (QED) is 0.239. The third kappa shape index (κ3) is 7.76. The standard InChI is InChI=1S/C38H45Cl3N6O3/c1-7-50-32-21-29(37(4,5)23-42)31(41)20-30(32)38(36(49)47-18-16-46(17-19-47)22-33(48)45(6)24(2)3)43-34(25-8-12-27(39)13-9-25)35(44-38)26-10-14-28(40)15-11-26/h8-15,20-21,24,34-35,43-44H,7,16-19,22H2,1-6H3/t34-,35+,38?. The summed E-state index contributed by atoms with van der Waals surface area (Å²) >= 11 is 19.6. The van der Waals surface area contributed by atoms with Crippen LogP contribution in [0.5, 0.6) is 5.75 Å². The number of rotatable bonds is 10. The molecule has 2 saturated heterocycles. The second-order valence-corrected chi connectivity index (χ2v) is 15.0. The zero-order chi connectivity index (χ0) is 36.4. The molecule has 50 heavy (non-hydrogen) atoms. The average Bonchev–Trinajstić information content (AvgIpc) is 3.51. The number of hydrogen-bond donors (Lipinski definition) is 2. The Morgan fingerprint density at radius 3 is 1.94 bits per heavy atom. The van der Waals surface area contributed by atoms with Gasteiger partial charge in [-0.3, -0.25) is 25.1 Å². The van der Waals surface area contributed by atoms with E-state index < -0.39 is 23.2 Å². The number of halogens is 3. The number of carbonyl (C=O) groups is 2. The van der Waals surface area contributed by atoms with Gasteiger partial charge in [-0.05, 0) is 87.7 Å². The van der Waals surface area contributed by atoms with Crippen molar-refractivity contribution in [2.75, 3.05) is 46.4 Å². The van der Waals surface area contributed by atoms with Gasteiger partial charge in [0.1, 0.15) is 5.75 Å². The van der Waals surface area contributed by atoms with Crippen LogP contribution < -0.4 is 15.4 Å². The highest BCUT2D eigenvalue weighted by Crippen LogP contribution is 2.47. The number of carbonyl (C=O) groups excluding carboxylic acids is 2. The summed E-state index contributed by atoms with van der Waals surface area (Å²) in [4.78, 5) is 33.7. The van der Waals surface area contributed by atoms with Gasteiger partial charge in [0.25, 0.3) is 5.91 Å². The van der Waals surface area contributed by atoms with Gasteiger partial charge in [0.2, 0.25) is 5.91 Å². The molecule has 0 bridgehead atoms. The Hall–Kier alpha value is -3.36. The molecular weight excluding hydrogens is 695 g/mol. The molecule has 2 aliphatic heterocycles. The molecule has 2 heterocycles. The minimum absolute atomic E-state index is 0.0448. The van der Waals surface area contributed by atoms with Crippen LogP contribution >= 0.6 is 34.8 Å². The van der Waals surface area contributed by atoms with Crippen LogP contribution in [-0.2, 0) is 20.7 Å². The van der Waals surface area contributed by atoms with E-state index in [1.54, 1.807) is 30.9 Å². The lowest BCUT2D eigenvalue weighted by molar-refractivity contribution is -0.142. The molecule has 0 radical (unpaired) electrons. The lowest BCUT2D eigenvalue weighted by Crippen LogP contribution is -2.62. The zero-order valence-corrected chi connectivity index (χ0v) is 31.7. The van der Waals surface area contributed by atoms with Crippen LogP contribution in [0.2, 0.25) is 15.1 Å². The van der Waals surface area contributed by atoms with Crippen molar-refractivity contribution in [1.29, 1.82) is 5.26 Å². The Kier molecular flexibility index (Phi) is 11.7. The lowest BCUT2D eigenvalue weighted by Gasteiger charge is -2.41. The van der Waals surface area contributed by atoms with E-state index in [4.69, 9.17) is 39.5 Å². The Morgan fingerprint density at radius 2 is 1.48 bits per heavy atom. The Labute approximate surface area is 310 Å². The first-order valence-corrected chi connectivity index (χ1v) is 18.1. The van der Waals surface area contributed by atoms with Crippen LogP contribution in [0, 0.1) is 11.3 Å². The fraction of sp³-hybridized carbons (Fsp3) is 0.447. The molecule has 0 saturated carbocycles. The van der Waals surface area contributed by atoms with Gasteiger partial charge in [-0.2, -0.15) is 5.26 Å². The highest BCUT2D eigenvalue weighted by Gasteiger charge is 2.55. The number of hydrogen-bond acceptors (Lipinski definition) is 7. The maximum absolute atomic E-state index is 15.2. The summed E-state index contributed by atoms with van der Waals surface area (Å²) in [6.07, 6.45) is 0. The van der Waals surface area contributed by atoms with Crippen molar-refractivity contribution in [3.8, 4) is 11.8 Å². The summed E-state index contributed by atoms with van der Waals surface area (Å²) in [6, 6.07) is 20.3. The number of amides is 2. The summed E-state index contributed by atoms with van der Waals surface area (Å²) in [5.74, 6) is 0.280. The van der Waals surface area contributed by atoms with Gasteiger partial charge >= 0.3 is 0 Å². The molecule has 266 valence electrons. The van der Waals surface area contributed by atoms with E-state index in [-0.39, 0.29) is 24.4 Å². The maximum Gasteiger partial charge on any atom is 0.262 e. The minimum atomic E-state index is -1.51. The molecule has 3 aromatic carbocycles. The predicted molar refractivity (Wildman–Crippen MR) is 199 cm³/mol. The van der Waals surface area contributed by atoms with Crippen LogP contribution in [0.1, 0.15) is 69.0 Å². The summed E-state index contributed by atoms with van der Waals surface area (Å²) in [7, 11) is 1.81. The van der Waals surface area contributed by atoms with Gasteiger partial charge < -0.3 is 14.5 Å². The molecule has 3 aromatic rings. The number of nitriles is 1. The largest absolute Gasteiger partial charge is 0.493 e. The van der Waals surface area contributed by atoms with Crippen LogP contribution in [0.15, 0.2) is 60.7 Å². The van der Waals surface area contributed by atoms with Crippen LogP contribution in [0.3, 0.4) is 0 Å². The first kappa shape index (κ1) is 37.9. The molecule has 0 aliphatic carbocycles. The zero-order valence-electron chi connectivity index (χ0n) is 29.4. The van der Waals surface area contributed by atoms with Gasteiger partial charge in [0.05, 0.1) is 36.7 Å². The number of nitrogens with one attached hydrogen (secondary N) is 2. The molecule has 9 nitrogen and oxygen atoms in total. The summed E-state index contributed by atoms with van der Waals surface area (Å²) in [6.45, 7) is 12.0. The van der Waals surface area contributed by atoms with Crippen LogP contribution in [0.4, 0.5) is 0 Å². The van der Waals surface area contributed by atoms with E-state index in [1.165, 1.54) is 0 Å². The van der Waals surface area contributed by atoms with Crippen molar-refractivity contribution in [3.05, 3.63) is 98.0 Å². The smallest absolute Gasteiger partial charge is 0.262 e. The maximum atomic E-state index is 15.2. The average molecular weight is 740 g/mol. The Bertz CT molecular complexity index is 1680. The number of ether oxygens (including phenoxy) is 1. The fourth-order valence-corrected chi connectivity index (χ4v) is 7.21. The third-order valence-corrected chi connectivity index (χ3v) is 10.6. The van der Waals surface area contributed by atoms with E-state index in [2.05, 4.69) is 21.6 Å². The van der Waals surface area contributed by atoms with Crippen molar-refractivity contribution >= 4 is 46.6 Å². The highest BCUT2D eigenvalue weighted by atomic mass is 35.5. The van der Waals surface area contributed by atoms with E-state index in [1.807, 2.05) is 81.2 Å². The highest BCUT2D eigenvalue weighted by molar-refractivity contribution is 6.32. The Morgan fingerprint density at radius 1 is 0.960 bits per heavy atom. The second-order valence-electron chi connectivity index (χ2n) is 13.8. The third-order valence-electron chi connectivity index (χ3n) is 9.77. The summed E-state index contributed by atoms with van der Waals surface area (Å²) < 4.78 is 6.26. The summed E-state index contributed by atoms with van der Waals surface area (Å²) in [5.41, 5.74) is 0.528. The molecule has 3 atom stereocenters. The fourth-order valence-electron chi connectivity index (χ4n) is 6.56. The normalized spacial score (nSPS) is 21.3. The Balaban J connectivity index is 1.62. The van der Waals surface area contributed by atoms with Gasteiger partial charge in [-0.25, -0.2) is 0 Å². The molecule has 2 N–H and O–H groups in total. The van der Waals surface area contributed by atoms with Crippen LogP contribution in [0.25, 0.3) is 0 Å². The SMILES string of the molecule is CCOc1cc(C(C)(C)C#N)c(Cl)cc1C1(C(=O)N2CCN(CC(=O)N(C)C(C)C)CC2)N[C@H](c2ccc(Cl)cc2)[C@H](c2ccc(Cl)cc2)N1. The molecular formula is C38H45Cl3N6O3. The van der Waals surface area contributed by atoms with Crippen molar-refractivity contribution < 1.29 is 14.3 Å². The number of nitrogens with zero attached hydrogens (tertiary/aromatic N) is 4. The van der Waals surface area contributed by atoms with Crippen molar-refractivity contribution in [3.63, 3.8) is 0 Å². The van der Waals surface area contributed by atoms with Crippen molar-refractivity contribution in [1.82, 2.24) is 25.3 Å². The monoisotopic (exact) mass is 738 g/mol. The van der Waals surface area contributed by atoms with Crippen molar-refractivity contribution in [2.45, 2.75) is 63.8 Å². The van der Waals surface area contributed by atoms with E-state index >= 15 is 4.79 Å². The molecule has 2 amide bonds. The van der Waals surface area contributed by atoms with E-state index in [0.29, 0.717) is 64.7 Å². The molecule has 5 rings (SSSR count). The van der Waals surface area contributed by atoms with Crippen LogP contribution in [-0.4, -0.2) is 78.9 Å².